The summed E-state index contributed by atoms with van der Waals surface area (Å²) in [6, 6.07) is 16.2. The van der Waals surface area contributed by atoms with Crippen LogP contribution < -0.4 is 3.27 Å². The summed E-state index contributed by atoms with van der Waals surface area (Å²) in [5.41, 5.74) is 7.80. The Morgan fingerprint density at radius 3 is 2.52 bits per heavy atom. The van der Waals surface area contributed by atoms with Gasteiger partial charge in [-0.2, -0.15) is 0 Å². The monoisotopic (exact) mass is 395 g/mol. The molecule has 0 saturated carbocycles. The summed E-state index contributed by atoms with van der Waals surface area (Å²) in [7, 11) is 0. The molecule has 0 amide bonds. The first kappa shape index (κ1) is 15.5. The van der Waals surface area contributed by atoms with Crippen molar-refractivity contribution >= 4 is 9.19 Å². The molecule has 2 aromatic carbocycles. The molecule has 0 aliphatic heterocycles. The molecule has 0 heterocycles. The van der Waals surface area contributed by atoms with Gasteiger partial charge < -0.3 is 2.85 Å². The largest absolute Gasteiger partial charge is 1.00 e. The molecule has 4 rings (SSSR count). The molecule has 0 spiro atoms. The molecule has 2 aromatic rings. The molecule has 0 aromatic heterocycles. The molecular weight excluding hydrogens is 372 g/mol. The number of rotatable bonds is 3. The van der Waals surface area contributed by atoms with Crippen molar-refractivity contribution < 1.29 is 23.8 Å². The van der Waals surface area contributed by atoms with Crippen LogP contribution in [0.3, 0.4) is 0 Å². The van der Waals surface area contributed by atoms with E-state index in [-0.39, 0.29) is 2.85 Å². The Balaban J connectivity index is 0.00000113. The van der Waals surface area contributed by atoms with E-state index in [1.54, 1.807) is 14.4 Å². The molecule has 0 nitrogen and oxygen atoms in total. The van der Waals surface area contributed by atoms with Crippen LogP contribution in [0.4, 0.5) is 0 Å². The standard InChI is InChI=1S/C13H9.C6H7.C2H7Si.Zr.2H/c1-3-7-12-10(5-1)9-11-6-2-4-8-13(11)12;1-6-4-2-3-5-6;1-3-2;;;/h1-5,7-8H,9H2;2,4H,3H2,1H3;3H,1-2H3;;;/q;;;+2;2*-1. The Bertz CT molecular complexity index is 840. The van der Waals surface area contributed by atoms with E-state index in [1.807, 2.05) is 3.28 Å². The van der Waals surface area contributed by atoms with Gasteiger partial charge in [0.05, 0.1) is 0 Å². The van der Waals surface area contributed by atoms with Crippen molar-refractivity contribution in [2.24, 2.45) is 0 Å². The van der Waals surface area contributed by atoms with Gasteiger partial charge in [-0.3, -0.25) is 0 Å². The third kappa shape index (κ3) is 2.61. The molecule has 2 heteroatoms. The van der Waals surface area contributed by atoms with Crippen LogP contribution in [0.5, 0.6) is 0 Å². The summed E-state index contributed by atoms with van der Waals surface area (Å²) < 4.78 is 3.68. The molecule has 23 heavy (non-hydrogen) atoms. The molecule has 2 aliphatic carbocycles. The quantitative estimate of drug-likeness (QED) is 0.550. The van der Waals surface area contributed by atoms with Gasteiger partial charge in [0.25, 0.3) is 0 Å². The van der Waals surface area contributed by atoms with Crippen LogP contribution >= 0.6 is 0 Å². The van der Waals surface area contributed by atoms with E-state index >= 15 is 0 Å². The van der Waals surface area contributed by atoms with Crippen LogP contribution in [-0.4, -0.2) is 5.92 Å². The van der Waals surface area contributed by atoms with E-state index in [4.69, 9.17) is 0 Å². The van der Waals surface area contributed by atoms with Crippen molar-refractivity contribution in [2.45, 2.75) is 32.9 Å². The number of benzene rings is 2. The minimum atomic E-state index is -1.69. The second-order valence-corrected chi connectivity index (χ2v) is 26.1. The van der Waals surface area contributed by atoms with E-state index in [0.717, 1.165) is 6.42 Å². The topological polar surface area (TPSA) is 0 Å². The summed E-state index contributed by atoms with van der Waals surface area (Å²) in [5.74, 6) is -0.637. The summed E-state index contributed by atoms with van der Waals surface area (Å²) >= 11 is -1.69. The van der Waals surface area contributed by atoms with Gasteiger partial charge in [0.2, 0.25) is 0 Å². The first-order valence-electron chi connectivity index (χ1n) is 8.61. The van der Waals surface area contributed by atoms with Crippen molar-refractivity contribution in [3.8, 4) is 11.1 Å². The van der Waals surface area contributed by atoms with Crippen LogP contribution in [0.2, 0.25) is 13.1 Å². The Kier molecular flexibility index (Phi) is 4.15. The number of allylic oxidation sites excluding steroid dienone is 4. The van der Waals surface area contributed by atoms with Gasteiger partial charge in [0, 0.05) is 0 Å². The van der Waals surface area contributed by atoms with E-state index in [2.05, 4.69) is 74.6 Å². The Morgan fingerprint density at radius 2 is 1.78 bits per heavy atom. The fourth-order valence-electron chi connectivity index (χ4n) is 4.17. The number of fused-ring (bicyclic) bond motifs is 3. The number of hydrogen-bond donors (Lipinski definition) is 0. The fourth-order valence-corrected chi connectivity index (χ4v) is 23.8. The van der Waals surface area contributed by atoms with Crippen molar-refractivity contribution in [1.29, 1.82) is 0 Å². The van der Waals surface area contributed by atoms with Crippen LogP contribution in [0, 0.1) is 0 Å². The average Bonchev–Trinajstić information content (AvgIpc) is 3.12. The average molecular weight is 397 g/mol. The molecule has 2 aliphatic rings. The maximum Gasteiger partial charge on any atom is -1.00 e. The summed E-state index contributed by atoms with van der Waals surface area (Å²) in [5, 5.41) is 0. The Labute approximate surface area is 151 Å². The van der Waals surface area contributed by atoms with Crippen LogP contribution in [0.15, 0.2) is 63.5 Å². The molecule has 0 fully saturated rings. The molecular formula is C21H25SiZr. The molecule has 0 atom stereocenters. The Morgan fingerprint density at radius 1 is 1.00 bits per heavy atom. The summed E-state index contributed by atoms with van der Waals surface area (Å²) in [4.78, 5) is 0. The minimum absolute atomic E-state index is 0. The van der Waals surface area contributed by atoms with Gasteiger partial charge in [-0.15, -0.1) is 0 Å². The van der Waals surface area contributed by atoms with Gasteiger partial charge in [-0.1, -0.05) is 0 Å². The second-order valence-electron chi connectivity index (χ2n) is 7.00. The predicted octanol–water partition coefficient (Wildman–Crippen LogP) is 4.94. The molecule has 0 radical (unpaired) electrons. The van der Waals surface area contributed by atoms with Crippen LogP contribution in [-0.2, 0) is 27.3 Å². The van der Waals surface area contributed by atoms with E-state index in [1.165, 1.54) is 23.1 Å². The second kappa shape index (κ2) is 6.15. The first-order valence-corrected chi connectivity index (χ1v) is 18.2. The van der Waals surface area contributed by atoms with Crippen molar-refractivity contribution in [2.75, 3.05) is 0 Å². The van der Waals surface area contributed by atoms with E-state index < -0.39 is 26.8 Å². The molecule has 0 N–H and O–H groups in total. The smallest absolute Gasteiger partial charge is 1.00 e. The maximum absolute atomic E-state index is 2.59. The normalized spacial score (nSPS) is 15.3. The van der Waals surface area contributed by atoms with Gasteiger partial charge in [-0.25, -0.2) is 0 Å². The summed E-state index contributed by atoms with van der Waals surface area (Å²) in [6.45, 7) is 7.53. The van der Waals surface area contributed by atoms with Crippen LogP contribution in [0.25, 0.3) is 11.1 Å². The van der Waals surface area contributed by atoms with Crippen molar-refractivity contribution in [3.63, 3.8) is 0 Å². The molecule has 0 unspecified atom stereocenters. The Hall–Kier alpha value is -0.980. The zero-order valence-corrected chi connectivity index (χ0v) is 17.8. The van der Waals surface area contributed by atoms with Crippen molar-refractivity contribution in [1.82, 2.24) is 0 Å². The van der Waals surface area contributed by atoms with Gasteiger partial charge in [-0.05, 0) is 0 Å². The van der Waals surface area contributed by atoms with Crippen molar-refractivity contribution in [3.05, 3.63) is 74.6 Å². The SMILES string of the molecule is CC1=[C]([Zr+2]([c]2cccc3c2Cc2ccccc2-3)[SiH](C)C)CC=C1.[H-].[H-]. The zero-order valence-electron chi connectivity index (χ0n) is 16.2. The van der Waals surface area contributed by atoms with Gasteiger partial charge in [0.15, 0.2) is 0 Å². The molecule has 0 saturated heterocycles. The first-order chi connectivity index (χ1) is 11.2. The third-order valence-electron chi connectivity index (χ3n) is 5.21. The molecule has 0 bridgehead atoms. The zero-order chi connectivity index (χ0) is 16.0. The predicted molar refractivity (Wildman–Crippen MR) is 102 cm³/mol. The fraction of sp³-hybridized carbons (Fsp3) is 0.238. The molecule has 117 valence electrons. The summed E-state index contributed by atoms with van der Waals surface area (Å²) in [6.07, 6.45) is 7.15. The maximum atomic E-state index is 2.59. The van der Waals surface area contributed by atoms with Gasteiger partial charge in [0.1, 0.15) is 0 Å². The van der Waals surface area contributed by atoms with E-state index in [9.17, 15) is 0 Å². The number of hydrogen-bond acceptors (Lipinski definition) is 0. The minimum Gasteiger partial charge on any atom is -1.00 e. The third-order valence-corrected chi connectivity index (χ3v) is 24.4. The van der Waals surface area contributed by atoms with E-state index in [0.29, 0.717) is 0 Å². The van der Waals surface area contributed by atoms with Gasteiger partial charge >= 0.3 is 149 Å². The van der Waals surface area contributed by atoms with Crippen LogP contribution in [0.1, 0.15) is 27.3 Å².